The van der Waals surface area contributed by atoms with Crippen molar-refractivity contribution in [2.24, 2.45) is 0 Å². The van der Waals surface area contributed by atoms with Crippen LogP contribution in [0, 0.1) is 0 Å². The van der Waals surface area contributed by atoms with Crippen molar-refractivity contribution in [1.29, 1.82) is 0 Å². The molecule has 2 amide bonds. The van der Waals surface area contributed by atoms with Gasteiger partial charge in [0, 0.05) is 18.0 Å². The number of rotatable bonds is 4. The lowest BCUT2D eigenvalue weighted by atomic mass is 10.1. The summed E-state index contributed by atoms with van der Waals surface area (Å²) in [6.07, 6.45) is 3.63. The number of piperidine rings is 1. The fourth-order valence-electron chi connectivity index (χ4n) is 2.81. The molecule has 2 aromatic rings. The molecule has 5 heteroatoms. The van der Waals surface area contributed by atoms with Gasteiger partial charge in [0.05, 0.1) is 17.7 Å². The topological polar surface area (TPSA) is 49.4 Å². The molecule has 1 saturated heterocycles. The van der Waals surface area contributed by atoms with Crippen LogP contribution in [0.3, 0.4) is 0 Å². The van der Waals surface area contributed by atoms with Crippen LogP contribution < -0.4 is 5.32 Å². The molecule has 2 heterocycles. The minimum atomic E-state index is -0.0913. The quantitative estimate of drug-likeness (QED) is 0.933. The third-order valence-electron chi connectivity index (χ3n) is 3.99. The molecule has 0 spiro atoms. The van der Waals surface area contributed by atoms with Crippen LogP contribution in [0.2, 0.25) is 0 Å². The van der Waals surface area contributed by atoms with Gasteiger partial charge < -0.3 is 10.2 Å². The van der Waals surface area contributed by atoms with Crippen molar-refractivity contribution in [1.82, 2.24) is 4.90 Å². The number of hydrogen-bond acceptors (Lipinski definition) is 3. The molecular formula is C18H20N2O2S. The molecule has 0 saturated carbocycles. The number of para-hydroxylation sites is 1. The van der Waals surface area contributed by atoms with E-state index in [1.165, 1.54) is 6.42 Å². The maximum atomic E-state index is 12.7. The monoisotopic (exact) mass is 328 g/mol. The van der Waals surface area contributed by atoms with E-state index in [0.29, 0.717) is 17.7 Å². The van der Waals surface area contributed by atoms with Crippen LogP contribution in [-0.2, 0) is 11.2 Å². The second-order valence-corrected chi connectivity index (χ2v) is 6.74. The van der Waals surface area contributed by atoms with E-state index in [9.17, 15) is 9.59 Å². The first kappa shape index (κ1) is 15.7. The molecule has 120 valence electrons. The summed E-state index contributed by atoms with van der Waals surface area (Å²) in [5, 5.41) is 4.84. The van der Waals surface area contributed by atoms with Gasteiger partial charge in [-0.1, -0.05) is 18.2 Å². The molecule has 23 heavy (non-hydrogen) atoms. The van der Waals surface area contributed by atoms with Gasteiger partial charge in [-0.2, -0.15) is 0 Å². The van der Waals surface area contributed by atoms with Crippen LogP contribution in [0.25, 0.3) is 0 Å². The van der Waals surface area contributed by atoms with Gasteiger partial charge in [0.2, 0.25) is 5.91 Å². The molecule has 0 radical (unpaired) electrons. The van der Waals surface area contributed by atoms with Gasteiger partial charge in [-0.3, -0.25) is 9.59 Å². The Balaban J connectivity index is 1.72. The summed E-state index contributed by atoms with van der Waals surface area (Å²) in [5.74, 6) is -0.0805. The average molecular weight is 328 g/mol. The molecule has 0 unspecified atom stereocenters. The van der Waals surface area contributed by atoms with Gasteiger partial charge in [0.25, 0.3) is 5.91 Å². The maximum Gasteiger partial charge on any atom is 0.255 e. The zero-order valence-corrected chi connectivity index (χ0v) is 13.8. The number of carbonyl (C=O) groups is 2. The fourth-order valence-corrected chi connectivity index (χ4v) is 3.52. The second kappa shape index (κ2) is 7.42. The number of amides is 2. The van der Waals surface area contributed by atoms with Crippen LogP contribution in [0.4, 0.5) is 5.69 Å². The minimum Gasteiger partial charge on any atom is -0.339 e. The molecule has 1 aromatic carbocycles. The number of carbonyl (C=O) groups excluding carboxylic acids is 2. The SMILES string of the molecule is O=C(Cc1cccs1)Nc1ccccc1C(=O)N1CCCCC1. The molecule has 1 aromatic heterocycles. The third kappa shape index (κ3) is 3.99. The number of benzene rings is 1. The highest BCUT2D eigenvalue weighted by Gasteiger charge is 2.21. The molecule has 1 aliphatic rings. The van der Waals surface area contributed by atoms with E-state index >= 15 is 0 Å². The Morgan fingerprint density at radius 1 is 1.04 bits per heavy atom. The zero-order valence-electron chi connectivity index (χ0n) is 13.0. The minimum absolute atomic E-state index is 0.0109. The number of hydrogen-bond donors (Lipinski definition) is 1. The van der Waals surface area contributed by atoms with Crippen molar-refractivity contribution in [2.75, 3.05) is 18.4 Å². The third-order valence-corrected chi connectivity index (χ3v) is 4.87. The molecular weight excluding hydrogens is 308 g/mol. The Morgan fingerprint density at radius 3 is 2.57 bits per heavy atom. The van der Waals surface area contributed by atoms with Crippen molar-refractivity contribution in [3.8, 4) is 0 Å². The standard InChI is InChI=1S/C18H20N2O2S/c21-17(13-14-7-6-12-23-14)19-16-9-3-2-8-15(16)18(22)20-10-4-1-5-11-20/h2-3,6-9,12H,1,4-5,10-11,13H2,(H,19,21). The highest BCUT2D eigenvalue weighted by molar-refractivity contribution is 7.10. The van der Waals surface area contributed by atoms with E-state index < -0.39 is 0 Å². The number of likely N-dealkylation sites (tertiary alicyclic amines) is 1. The zero-order chi connectivity index (χ0) is 16.1. The van der Waals surface area contributed by atoms with Crippen LogP contribution >= 0.6 is 11.3 Å². The second-order valence-electron chi connectivity index (χ2n) is 5.70. The Morgan fingerprint density at radius 2 is 1.83 bits per heavy atom. The Kier molecular flexibility index (Phi) is 5.08. The average Bonchev–Trinajstić information content (AvgIpc) is 3.08. The van der Waals surface area contributed by atoms with Gasteiger partial charge in [0.1, 0.15) is 0 Å². The van der Waals surface area contributed by atoms with Crippen molar-refractivity contribution in [3.05, 3.63) is 52.2 Å². The molecule has 3 rings (SSSR count). The van der Waals surface area contributed by atoms with Crippen molar-refractivity contribution in [2.45, 2.75) is 25.7 Å². The molecule has 1 aliphatic heterocycles. The lowest BCUT2D eigenvalue weighted by Crippen LogP contribution is -2.36. The van der Waals surface area contributed by atoms with Gasteiger partial charge in [-0.15, -0.1) is 11.3 Å². The fraction of sp³-hybridized carbons (Fsp3) is 0.333. The van der Waals surface area contributed by atoms with Gasteiger partial charge in [-0.25, -0.2) is 0 Å². The lowest BCUT2D eigenvalue weighted by molar-refractivity contribution is -0.115. The van der Waals surface area contributed by atoms with E-state index in [1.807, 2.05) is 34.5 Å². The maximum absolute atomic E-state index is 12.7. The molecule has 0 atom stereocenters. The summed E-state index contributed by atoms with van der Waals surface area (Å²) in [5.41, 5.74) is 1.18. The van der Waals surface area contributed by atoms with E-state index in [4.69, 9.17) is 0 Å². The summed E-state index contributed by atoms with van der Waals surface area (Å²) < 4.78 is 0. The number of anilines is 1. The van der Waals surface area contributed by atoms with Crippen molar-refractivity contribution in [3.63, 3.8) is 0 Å². The van der Waals surface area contributed by atoms with E-state index in [1.54, 1.807) is 23.5 Å². The van der Waals surface area contributed by atoms with Gasteiger partial charge >= 0.3 is 0 Å². The summed E-state index contributed by atoms with van der Waals surface area (Å²) in [7, 11) is 0. The molecule has 4 nitrogen and oxygen atoms in total. The van der Waals surface area contributed by atoms with E-state index in [-0.39, 0.29) is 11.8 Å². The Labute approximate surface area is 140 Å². The summed E-state index contributed by atoms with van der Waals surface area (Å²) in [6.45, 7) is 1.60. The predicted octanol–water partition coefficient (Wildman–Crippen LogP) is 3.56. The Hall–Kier alpha value is -2.14. The predicted molar refractivity (Wildman–Crippen MR) is 92.8 cm³/mol. The highest BCUT2D eigenvalue weighted by atomic mass is 32.1. The Bertz CT molecular complexity index is 676. The number of thiophene rings is 1. The van der Waals surface area contributed by atoms with Crippen LogP contribution in [0.5, 0.6) is 0 Å². The normalized spacial score (nSPS) is 14.5. The summed E-state index contributed by atoms with van der Waals surface area (Å²) in [4.78, 5) is 27.8. The highest BCUT2D eigenvalue weighted by Crippen LogP contribution is 2.20. The van der Waals surface area contributed by atoms with Crippen LogP contribution in [0.15, 0.2) is 41.8 Å². The first-order chi connectivity index (χ1) is 11.2. The van der Waals surface area contributed by atoms with E-state index in [0.717, 1.165) is 30.8 Å². The largest absolute Gasteiger partial charge is 0.339 e. The molecule has 1 fully saturated rings. The van der Waals surface area contributed by atoms with Crippen LogP contribution in [0.1, 0.15) is 34.5 Å². The summed E-state index contributed by atoms with van der Waals surface area (Å²) in [6, 6.07) is 11.1. The first-order valence-corrected chi connectivity index (χ1v) is 8.82. The van der Waals surface area contributed by atoms with Crippen molar-refractivity contribution < 1.29 is 9.59 Å². The van der Waals surface area contributed by atoms with Gasteiger partial charge in [-0.05, 0) is 42.8 Å². The molecule has 0 bridgehead atoms. The summed E-state index contributed by atoms with van der Waals surface area (Å²) >= 11 is 1.56. The number of nitrogens with one attached hydrogen (secondary N) is 1. The molecule has 0 aliphatic carbocycles. The van der Waals surface area contributed by atoms with Gasteiger partial charge in [0.15, 0.2) is 0 Å². The first-order valence-electron chi connectivity index (χ1n) is 7.94. The molecule has 1 N–H and O–H groups in total. The van der Waals surface area contributed by atoms with Crippen LogP contribution in [-0.4, -0.2) is 29.8 Å². The van der Waals surface area contributed by atoms with E-state index in [2.05, 4.69) is 5.32 Å². The lowest BCUT2D eigenvalue weighted by Gasteiger charge is -2.27. The smallest absolute Gasteiger partial charge is 0.255 e. The number of nitrogens with zero attached hydrogens (tertiary/aromatic N) is 1. The van der Waals surface area contributed by atoms with Crippen molar-refractivity contribution >= 4 is 28.8 Å².